The summed E-state index contributed by atoms with van der Waals surface area (Å²) in [5, 5.41) is 0. The Labute approximate surface area is 142 Å². The van der Waals surface area contributed by atoms with Gasteiger partial charge in [-0.1, -0.05) is 56.3 Å². The third kappa shape index (κ3) is 3.12. The highest BCUT2D eigenvalue weighted by molar-refractivity contribution is 6.00. The smallest absolute Gasteiger partial charge is 0.224 e. The lowest BCUT2D eigenvalue weighted by Gasteiger charge is -2.29. The van der Waals surface area contributed by atoms with Gasteiger partial charge in [-0.3, -0.25) is 10.6 Å². The molecule has 0 aliphatic carbocycles. The van der Waals surface area contributed by atoms with E-state index < -0.39 is 0 Å². The fourth-order valence-electron chi connectivity index (χ4n) is 2.81. The van der Waals surface area contributed by atoms with Crippen LogP contribution in [0.25, 0.3) is 11.4 Å². The lowest BCUT2D eigenvalue weighted by molar-refractivity contribution is -0.116. The zero-order chi connectivity index (χ0) is 17.7. The number of hydrogen-bond donors (Lipinski definition) is 3. The number of fused-ring (bicyclic) bond motifs is 2. The van der Waals surface area contributed by atoms with E-state index in [1.54, 1.807) is 11.8 Å². The second kappa shape index (κ2) is 7.66. The molecule has 2 aromatic carbocycles. The second-order valence-electron chi connectivity index (χ2n) is 5.21. The summed E-state index contributed by atoms with van der Waals surface area (Å²) in [6.45, 7) is 6.03. The molecule has 5 nitrogen and oxygen atoms in total. The molecule has 0 bridgehead atoms. The summed E-state index contributed by atoms with van der Waals surface area (Å²) >= 11 is 0. The number of anilines is 1. The van der Waals surface area contributed by atoms with Gasteiger partial charge >= 0.3 is 0 Å². The van der Waals surface area contributed by atoms with E-state index in [1.807, 2.05) is 62.4 Å². The van der Waals surface area contributed by atoms with Gasteiger partial charge in [-0.2, -0.15) is 0 Å². The van der Waals surface area contributed by atoms with Crippen LogP contribution in [0.15, 0.2) is 48.5 Å². The standard InChI is InChI=1S/C17H18N4O.C2H6/c1-11(22)21-10-12-6-2-3-7-13(12)16(18)17(20-19)14-8-4-5-9-15(14)21;1-2/h2-9,20H,10,18-19H2,1H3;1-2H3/b17-16-;. The largest absolute Gasteiger partial charge is 0.396 e. The summed E-state index contributed by atoms with van der Waals surface area (Å²) in [5.41, 5.74) is 13.7. The molecule has 0 fully saturated rings. The van der Waals surface area contributed by atoms with Crippen molar-refractivity contribution in [2.45, 2.75) is 27.3 Å². The Bertz CT molecular complexity index is 767. The number of carbonyl (C=O) groups is 1. The van der Waals surface area contributed by atoms with Crippen molar-refractivity contribution in [2.75, 3.05) is 4.90 Å². The van der Waals surface area contributed by atoms with Gasteiger partial charge in [0.15, 0.2) is 0 Å². The van der Waals surface area contributed by atoms with Crippen LogP contribution in [0.4, 0.5) is 5.69 Å². The summed E-state index contributed by atoms with van der Waals surface area (Å²) < 4.78 is 0. The zero-order valence-corrected chi connectivity index (χ0v) is 14.3. The van der Waals surface area contributed by atoms with Crippen molar-refractivity contribution in [1.82, 2.24) is 5.43 Å². The summed E-state index contributed by atoms with van der Waals surface area (Å²) in [6.07, 6.45) is 0. The molecule has 5 N–H and O–H groups in total. The predicted octanol–water partition coefficient (Wildman–Crippen LogP) is 2.83. The minimum Gasteiger partial charge on any atom is -0.396 e. The third-order valence-corrected chi connectivity index (χ3v) is 3.89. The lowest BCUT2D eigenvalue weighted by atomic mass is 9.96. The molecule has 3 rings (SSSR count). The van der Waals surface area contributed by atoms with Crippen LogP contribution in [0.3, 0.4) is 0 Å². The van der Waals surface area contributed by atoms with Crippen LogP contribution in [0.5, 0.6) is 0 Å². The number of rotatable bonds is 1. The molecule has 0 unspecified atom stereocenters. The Hall–Kier alpha value is -2.79. The summed E-state index contributed by atoms with van der Waals surface area (Å²) in [7, 11) is 0. The monoisotopic (exact) mass is 324 g/mol. The molecule has 0 spiro atoms. The molecule has 0 saturated carbocycles. The molecule has 0 atom stereocenters. The molecule has 2 aromatic rings. The van der Waals surface area contributed by atoms with E-state index in [1.165, 1.54) is 0 Å². The molecule has 0 radical (unpaired) electrons. The molecule has 1 heterocycles. The van der Waals surface area contributed by atoms with Crippen molar-refractivity contribution in [2.24, 2.45) is 11.6 Å². The van der Waals surface area contributed by atoms with E-state index >= 15 is 0 Å². The molecule has 1 amide bonds. The number of hydrazine groups is 1. The van der Waals surface area contributed by atoms with Crippen molar-refractivity contribution >= 4 is 23.0 Å². The van der Waals surface area contributed by atoms with Crippen LogP contribution in [0.2, 0.25) is 0 Å². The van der Waals surface area contributed by atoms with Gasteiger partial charge in [0.05, 0.1) is 23.6 Å². The Balaban J connectivity index is 0.00000100. The molecule has 0 aromatic heterocycles. The van der Waals surface area contributed by atoms with E-state index in [2.05, 4.69) is 5.43 Å². The minimum atomic E-state index is -0.0286. The number of nitrogens with zero attached hydrogens (tertiary/aromatic N) is 1. The quantitative estimate of drug-likeness (QED) is 0.556. The lowest BCUT2D eigenvalue weighted by Crippen LogP contribution is -2.33. The fraction of sp³-hybridized carbons (Fsp3) is 0.211. The average Bonchev–Trinajstić information content (AvgIpc) is 2.61. The second-order valence-corrected chi connectivity index (χ2v) is 5.21. The van der Waals surface area contributed by atoms with Gasteiger partial charge in [-0.05, 0) is 11.6 Å². The SMILES string of the molecule is CC.CC(=O)N1Cc2ccccc2/C(N)=C(/NN)c2ccccc21. The Morgan fingerprint density at radius 1 is 1.04 bits per heavy atom. The van der Waals surface area contributed by atoms with Gasteiger partial charge in [-0.25, -0.2) is 0 Å². The Morgan fingerprint density at radius 3 is 2.25 bits per heavy atom. The van der Waals surface area contributed by atoms with Crippen molar-refractivity contribution in [3.8, 4) is 0 Å². The molecule has 24 heavy (non-hydrogen) atoms. The first-order valence-electron chi connectivity index (χ1n) is 8.05. The average molecular weight is 324 g/mol. The van der Waals surface area contributed by atoms with Gasteiger partial charge in [0, 0.05) is 18.1 Å². The van der Waals surface area contributed by atoms with Crippen LogP contribution in [-0.2, 0) is 11.3 Å². The van der Waals surface area contributed by atoms with Gasteiger partial charge < -0.3 is 16.1 Å². The van der Waals surface area contributed by atoms with Crippen molar-refractivity contribution in [1.29, 1.82) is 0 Å². The van der Waals surface area contributed by atoms with Gasteiger partial charge in [0.2, 0.25) is 5.91 Å². The molecule has 1 aliphatic rings. The minimum absolute atomic E-state index is 0.0286. The molecule has 0 saturated heterocycles. The van der Waals surface area contributed by atoms with Crippen LogP contribution in [-0.4, -0.2) is 5.91 Å². The van der Waals surface area contributed by atoms with E-state index in [4.69, 9.17) is 11.6 Å². The summed E-state index contributed by atoms with van der Waals surface area (Å²) in [6, 6.07) is 15.4. The molecular weight excluding hydrogens is 300 g/mol. The van der Waals surface area contributed by atoms with E-state index in [0.29, 0.717) is 17.9 Å². The Morgan fingerprint density at radius 2 is 1.62 bits per heavy atom. The molecule has 5 heteroatoms. The van der Waals surface area contributed by atoms with Crippen LogP contribution < -0.4 is 21.9 Å². The van der Waals surface area contributed by atoms with E-state index in [9.17, 15) is 4.79 Å². The maximum atomic E-state index is 12.1. The maximum absolute atomic E-state index is 12.1. The van der Waals surface area contributed by atoms with Crippen molar-refractivity contribution in [3.63, 3.8) is 0 Å². The topological polar surface area (TPSA) is 84.4 Å². The molecular formula is C19H24N4O. The number of para-hydroxylation sites is 1. The van der Waals surface area contributed by atoms with Gasteiger partial charge in [0.1, 0.15) is 0 Å². The number of carbonyl (C=O) groups excluding carboxylic acids is 1. The van der Waals surface area contributed by atoms with E-state index in [0.717, 1.165) is 22.4 Å². The van der Waals surface area contributed by atoms with Crippen LogP contribution >= 0.6 is 0 Å². The Kier molecular flexibility index (Phi) is 5.60. The number of benzene rings is 2. The zero-order valence-electron chi connectivity index (χ0n) is 14.3. The number of nitrogens with one attached hydrogen (secondary N) is 1. The predicted molar refractivity (Wildman–Crippen MR) is 99.4 cm³/mol. The van der Waals surface area contributed by atoms with Crippen molar-refractivity contribution < 1.29 is 4.79 Å². The highest BCUT2D eigenvalue weighted by atomic mass is 16.2. The van der Waals surface area contributed by atoms with Gasteiger partial charge in [-0.15, -0.1) is 0 Å². The van der Waals surface area contributed by atoms with Crippen LogP contribution in [0.1, 0.15) is 37.5 Å². The highest BCUT2D eigenvalue weighted by Crippen LogP contribution is 2.34. The maximum Gasteiger partial charge on any atom is 0.224 e. The van der Waals surface area contributed by atoms with Crippen LogP contribution in [0, 0.1) is 0 Å². The molecule has 126 valence electrons. The normalized spacial score (nSPS) is 15.9. The highest BCUT2D eigenvalue weighted by Gasteiger charge is 2.23. The van der Waals surface area contributed by atoms with Crippen molar-refractivity contribution in [3.05, 3.63) is 65.2 Å². The number of nitrogens with two attached hydrogens (primary N) is 2. The fourth-order valence-corrected chi connectivity index (χ4v) is 2.81. The first kappa shape index (κ1) is 17.6. The van der Waals surface area contributed by atoms with E-state index in [-0.39, 0.29) is 5.91 Å². The first-order valence-corrected chi connectivity index (χ1v) is 8.05. The first-order chi connectivity index (χ1) is 11.6. The number of amides is 1. The summed E-state index contributed by atoms with van der Waals surface area (Å²) in [4.78, 5) is 13.9. The number of hydrogen-bond acceptors (Lipinski definition) is 4. The van der Waals surface area contributed by atoms with Gasteiger partial charge in [0.25, 0.3) is 0 Å². The molecule has 1 aliphatic heterocycles. The third-order valence-electron chi connectivity index (χ3n) is 3.89. The summed E-state index contributed by atoms with van der Waals surface area (Å²) in [5.74, 6) is 5.69.